The number of guanidine groups is 1. The van der Waals surface area contributed by atoms with E-state index < -0.39 is 0 Å². The fraction of sp³-hybridized carbons (Fsp3) is 0.278. The van der Waals surface area contributed by atoms with Gasteiger partial charge < -0.3 is 15.0 Å². The highest BCUT2D eigenvalue weighted by Gasteiger charge is 2.21. The van der Waals surface area contributed by atoms with Gasteiger partial charge in [0.25, 0.3) is 0 Å². The molecule has 0 saturated carbocycles. The van der Waals surface area contributed by atoms with Crippen LogP contribution in [0, 0.1) is 0 Å². The Hall–Kier alpha value is -1.47. The lowest BCUT2D eigenvalue weighted by Crippen LogP contribution is -2.36. The van der Waals surface area contributed by atoms with Gasteiger partial charge in [0.05, 0.1) is 24.7 Å². The minimum atomic E-state index is 0. The molecule has 2 aromatic carbocycles. The van der Waals surface area contributed by atoms with Gasteiger partial charge in [0.2, 0.25) is 0 Å². The van der Waals surface area contributed by atoms with E-state index in [4.69, 9.17) is 16.3 Å². The fourth-order valence-electron chi connectivity index (χ4n) is 2.69. The van der Waals surface area contributed by atoms with E-state index in [-0.39, 0.29) is 30.0 Å². The Labute approximate surface area is 164 Å². The van der Waals surface area contributed by atoms with E-state index in [9.17, 15) is 0 Å². The van der Waals surface area contributed by atoms with Crippen molar-refractivity contribution in [3.63, 3.8) is 0 Å². The summed E-state index contributed by atoms with van der Waals surface area (Å²) < 4.78 is 5.19. The molecule has 128 valence electrons. The summed E-state index contributed by atoms with van der Waals surface area (Å²) in [5.74, 6) is 1.60. The Morgan fingerprint density at radius 3 is 2.67 bits per heavy atom. The average Bonchev–Trinajstić information content (AvgIpc) is 3.06. The van der Waals surface area contributed by atoms with Crippen molar-refractivity contribution >= 4 is 41.5 Å². The third-order valence-corrected chi connectivity index (χ3v) is 4.22. The lowest BCUT2D eigenvalue weighted by molar-refractivity contribution is 0.414. The number of hydrogen-bond acceptors (Lipinski definition) is 4. The van der Waals surface area contributed by atoms with Crippen LogP contribution >= 0.6 is 35.6 Å². The van der Waals surface area contributed by atoms with Gasteiger partial charge in [-0.25, -0.2) is 0 Å². The SMILES string of the molecule is COc1ccc(CN(C)C2=NCC(c3ccccc3)N2)cc1Cl.I. The molecule has 0 aromatic heterocycles. The van der Waals surface area contributed by atoms with Crippen molar-refractivity contribution < 1.29 is 4.74 Å². The highest BCUT2D eigenvalue weighted by molar-refractivity contribution is 14.0. The largest absolute Gasteiger partial charge is 0.495 e. The molecule has 0 radical (unpaired) electrons. The van der Waals surface area contributed by atoms with Crippen LogP contribution in [0.5, 0.6) is 5.75 Å². The summed E-state index contributed by atoms with van der Waals surface area (Å²) in [4.78, 5) is 6.72. The molecule has 1 N–H and O–H groups in total. The van der Waals surface area contributed by atoms with E-state index in [1.807, 2.05) is 31.3 Å². The number of nitrogens with zero attached hydrogens (tertiary/aromatic N) is 2. The van der Waals surface area contributed by atoms with Crippen LogP contribution in [0.3, 0.4) is 0 Å². The number of halogens is 2. The molecule has 1 unspecified atom stereocenters. The van der Waals surface area contributed by atoms with E-state index in [1.54, 1.807) is 7.11 Å². The Morgan fingerprint density at radius 1 is 1.25 bits per heavy atom. The Balaban J connectivity index is 0.00000208. The van der Waals surface area contributed by atoms with Gasteiger partial charge in [0, 0.05) is 13.6 Å². The molecule has 6 heteroatoms. The van der Waals surface area contributed by atoms with Crippen LogP contribution in [0.15, 0.2) is 53.5 Å². The van der Waals surface area contributed by atoms with Crippen molar-refractivity contribution in [2.75, 3.05) is 20.7 Å². The van der Waals surface area contributed by atoms with Crippen LogP contribution in [-0.4, -0.2) is 31.6 Å². The van der Waals surface area contributed by atoms with Gasteiger partial charge in [0.15, 0.2) is 5.96 Å². The molecule has 3 rings (SSSR count). The molecule has 1 heterocycles. The number of benzene rings is 2. The number of rotatable bonds is 4. The summed E-state index contributed by atoms with van der Waals surface area (Å²) in [7, 11) is 3.64. The molecule has 24 heavy (non-hydrogen) atoms. The van der Waals surface area contributed by atoms with Gasteiger partial charge in [-0.1, -0.05) is 48.0 Å². The fourth-order valence-corrected chi connectivity index (χ4v) is 2.97. The standard InChI is InChI=1S/C18H20ClN3O.HI/c1-22(12-13-8-9-17(23-2)15(19)10-13)18-20-11-16(21-18)14-6-4-3-5-7-14;/h3-10,16H,11-12H2,1-2H3,(H,20,21);1H. The van der Waals surface area contributed by atoms with Crippen LogP contribution < -0.4 is 10.1 Å². The van der Waals surface area contributed by atoms with E-state index in [0.29, 0.717) is 10.8 Å². The summed E-state index contributed by atoms with van der Waals surface area (Å²) in [5, 5.41) is 4.11. The number of nitrogens with one attached hydrogen (secondary N) is 1. The molecule has 0 spiro atoms. The first-order valence-electron chi connectivity index (χ1n) is 7.57. The molecule has 1 aliphatic heterocycles. The monoisotopic (exact) mass is 457 g/mol. The average molecular weight is 458 g/mol. The van der Waals surface area contributed by atoms with Gasteiger partial charge in [0.1, 0.15) is 5.75 Å². The van der Waals surface area contributed by atoms with Crippen LogP contribution in [-0.2, 0) is 6.54 Å². The van der Waals surface area contributed by atoms with E-state index in [0.717, 1.165) is 24.6 Å². The Morgan fingerprint density at radius 2 is 2.00 bits per heavy atom. The zero-order chi connectivity index (χ0) is 16.2. The van der Waals surface area contributed by atoms with Gasteiger partial charge in [-0.3, -0.25) is 4.99 Å². The minimum Gasteiger partial charge on any atom is -0.495 e. The van der Waals surface area contributed by atoms with Crippen molar-refractivity contribution in [3.8, 4) is 5.75 Å². The van der Waals surface area contributed by atoms with E-state index in [1.165, 1.54) is 5.56 Å². The highest BCUT2D eigenvalue weighted by Crippen LogP contribution is 2.25. The number of methoxy groups -OCH3 is 1. The van der Waals surface area contributed by atoms with Crippen molar-refractivity contribution in [1.29, 1.82) is 0 Å². The first-order valence-corrected chi connectivity index (χ1v) is 7.94. The van der Waals surface area contributed by atoms with Gasteiger partial charge in [-0.05, 0) is 23.3 Å². The smallest absolute Gasteiger partial charge is 0.194 e. The number of aliphatic imine (C=N–C) groups is 1. The maximum absolute atomic E-state index is 6.19. The predicted molar refractivity (Wildman–Crippen MR) is 110 cm³/mol. The molecule has 2 aromatic rings. The van der Waals surface area contributed by atoms with Crippen molar-refractivity contribution in [2.45, 2.75) is 12.6 Å². The molecule has 1 aliphatic rings. The minimum absolute atomic E-state index is 0. The van der Waals surface area contributed by atoms with Crippen LogP contribution in [0.25, 0.3) is 0 Å². The second kappa shape index (κ2) is 8.58. The van der Waals surface area contributed by atoms with Crippen molar-refractivity contribution in [3.05, 3.63) is 64.7 Å². The molecule has 0 saturated heterocycles. The summed E-state index contributed by atoms with van der Waals surface area (Å²) in [5.41, 5.74) is 2.37. The first-order chi connectivity index (χ1) is 11.2. The van der Waals surface area contributed by atoms with E-state index >= 15 is 0 Å². The summed E-state index contributed by atoms with van der Waals surface area (Å²) in [6, 6.07) is 16.5. The molecule has 1 atom stereocenters. The van der Waals surface area contributed by atoms with Gasteiger partial charge in [-0.15, -0.1) is 24.0 Å². The summed E-state index contributed by atoms with van der Waals surface area (Å²) in [6.45, 7) is 1.49. The zero-order valence-electron chi connectivity index (χ0n) is 13.7. The quantitative estimate of drug-likeness (QED) is 0.703. The van der Waals surface area contributed by atoms with Gasteiger partial charge >= 0.3 is 0 Å². The molecule has 0 bridgehead atoms. The second-order valence-corrected chi connectivity index (χ2v) is 6.00. The summed E-state index contributed by atoms with van der Waals surface area (Å²) >= 11 is 6.19. The second-order valence-electron chi connectivity index (χ2n) is 5.60. The Bertz CT molecular complexity index is 709. The lowest BCUT2D eigenvalue weighted by atomic mass is 10.1. The third kappa shape index (κ3) is 4.33. The van der Waals surface area contributed by atoms with Crippen molar-refractivity contribution in [2.24, 2.45) is 4.99 Å². The van der Waals surface area contributed by atoms with Crippen LogP contribution in [0.1, 0.15) is 17.2 Å². The van der Waals surface area contributed by atoms with Crippen LogP contribution in [0.4, 0.5) is 0 Å². The normalized spacial score (nSPS) is 16.0. The Kier molecular flexibility index (Phi) is 6.74. The predicted octanol–water partition coefficient (Wildman–Crippen LogP) is 4.10. The molecule has 0 fully saturated rings. The van der Waals surface area contributed by atoms with E-state index in [2.05, 4.69) is 39.5 Å². The number of hydrogen-bond donors (Lipinski definition) is 1. The maximum atomic E-state index is 6.19. The highest BCUT2D eigenvalue weighted by atomic mass is 127. The number of ether oxygens (including phenoxy) is 1. The zero-order valence-corrected chi connectivity index (χ0v) is 16.8. The molecule has 0 aliphatic carbocycles. The molecular weight excluding hydrogens is 437 g/mol. The topological polar surface area (TPSA) is 36.9 Å². The van der Waals surface area contributed by atoms with Crippen molar-refractivity contribution in [1.82, 2.24) is 10.2 Å². The molecule has 0 amide bonds. The van der Waals surface area contributed by atoms with Gasteiger partial charge in [-0.2, -0.15) is 0 Å². The van der Waals surface area contributed by atoms with Crippen LogP contribution in [0.2, 0.25) is 5.02 Å². The summed E-state index contributed by atoms with van der Waals surface area (Å²) in [6.07, 6.45) is 0. The lowest BCUT2D eigenvalue weighted by Gasteiger charge is -2.21. The molecular formula is C18H21ClIN3O. The maximum Gasteiger partial charge on any atom is 0.194 e. The first kappa shape index (κ1) is 18.9. The third-order valence-electron chi connectivity index (χ3n) is 3.93. The molecule has 4 nitrogen and oxygen atoms in total.